The SMILES string of the molecule is CC.Cc1nc(/C(N)=N/O)nc(N)c1C. The van der Waals surface area contributed by atoms with Crippen LogP contribution >= 0.6 is 0 Å². The van der Waals surface area contributed by atoms with Crippen LogP contribution in [0.15, 0.2) is 5.16 Å². The minimum atomic E-state index is -0.144. The van der Waals surface area contributed by atoms with Crippen LogP contribution in [0.4, 0.5) is 5.82 Å². The zero-order chi connectivity index (χ0) is 12.0. The molecule has 0 amide bonds. The second-order valence-electron chi connectivity index (χ2n) is 2.63. The zero-order valence-corrected chi connectivity index (χ0v) is 9.44. The third-order valence-corrected chi connectivity index (χ3v) is 1.76. The summed E-state index contributed by atoms with van der Waals surface area (Å²) < 4.78 is 0. The molecule has 0 fully saturated rings. The minimum absolute atomic E-state index is 0.142. The topological polar surface area (TPSA) is 110 Å². The first-order valence-electron chi connectivity index (χ1n) is 4.65. The average molecular weight is 211 g/mol. The molecule has 15 heavy (non-hydrogen) atoms. The molecule has 6 nitrogen and oxygen atoms in total. The number of oxime groups is 1. The average Bonchev–Trinajstić information content (AvgIpc) is 2.26. The molecule has 0 aliphatic carbocycles. The zero-order valence-electron chi connectivity index (χ0n) is 9.44. The number of hydrogen-bond donors (Lipinski definition) is 3. The number of nitrogens with two attached hydrogens (primary N) is 2. The first kappa shape index (κ1) is 13.2. The van der Waals surface area contributed by atoms with E-state index >= 15 is 0 Å². The van der Waals surface area contributed by atoms with Crippen LogP contribution in [-0.4, -0.2) is 21.0 Å². The van der Waals surface area contributed by atoms with Gasteiger partial charge in [0.15, 0.2) is 0 Å². The molecule has 1 rings (SSSR count). The molecule has 0 aliphatic heterocycles. The van der Waals surface area contributed by atoms with Gasteiger partial charge in [0.1, 0.15) is 5.82 Å². The third-order valence-electron chi connectivity index (χ3n) is 1.76. The number of aryl methyl sites for hydroxylation is 1. The van der Waals surface area contributed by atoms with Crippen LogP contribution in [-0.2, 0) is 0 Å². The summed E-state index contributed by atoms with van der Waals surface area (Å²) in [6.07, 6.45) is 0. The molecule has 0 atom stereocenters. The lowest BCUT2D eigenvalue weighted by atomic mass is 10.2. The van der Waals surface area contributed by atoms with Gasteiger partial charge in [-0.2, -0.15) is 0 Å². The quantitative estimate of drug-likeness (QED) is 0.275. The van der Waals surface area contributed by atoms with E-state index in [2.05, 4.69) is 15.1 Å². The molecule has 5 N–H and O–H groups in total. The normalized spacial score (nSPS) is 10.5. The van der Waals surface area contributed by atoms with Crippen molar-refractivity contribution in [3.8, 4) is 0 Å². The molecule has 0 unspecified atom stereocenters. The van der Waals surface area contributed by atoms with Crippen LogP contribution < -0.4 is 11.5 Å². The maximum atomic E-state index is 8.38. The summed E-state index contributed by atoms with van der Waals surface area (Å²) >= 11 is 0. The van der Waals surface area contributed by atoms with Crippen molar-refractivity contribution in [3.63, 3.8) is 0 Å². The first-order chi connectivity index (χ1) is 7.06. The Bertz CT molecular complexity index is 339. The van der Waals surface area contributed by atoms with E-state index in [1.54, 1.807) is 13.8 Å². The van der Waals surface area contributed by atoms with Crippen molar-refractivity contribution in [2.45, 2.75) is 27.7 Å². The summed E-state index contributed by atoms with van der Waals surface area (Å²) in [4.78, 5) is 7.85. The van der Waals surface area contributed by atoms with Gasteiger partial charge in [0.2, 0.25) is 11.7 Å². The second kappa shape index (κ2) is 5.79. The van der Waals surface area contributed by atoms with Crippen molar-refractivity contribution in [2.24, 2.45) is 10.9 Å². The summed E-state index contributed by atoms with van der Waals surface area (Å²) in [6.45, 7) is 7.59. The van der Waals surface area contributed by atoms with E-state index < -0.39 is 0 Å². The molecule has 84 valence electrons. The highest BCUT2D eigenvalue weighted by molar-refractivity contribution is 5.93. The molecule has 1 aromatic rings. The third kappa shape index (κ3) is 3.08. The number of nitrogen functional groups attached to an aromatic ring is 1. The fourth-order valence-electron chi connectivity index (χ4n) is 0.810. The maximum absolute atomic E-state index is 8.38. The Morgan fingerprint density at radius 3 is 2.20 bits per heavy atom. The lowest BCUT2D eigenvalue weighted by Crippen LogP contribution is -2.19. The summed E-state index contributed by atoms with van der Waals surface area (Å²) in [6, 6.07) is 0. The van der Waals surface area contributed by atoms with E-state index in [4.69, 9.17) is 16.7 Å². The molecule has 0 saturated heterocycles. The molecule has 0 radical (unpaired) electrons. The molecule has 0 aromatic carbocycles. The first-order valence-corrected chi connectivity index (χ1v) is 4.65. The molecular weight excluding hydrogens is 194 g/mol. The number of nitrogens with zero attached hydrogens (tertiary/aromatic N) is 3. The van der Waals surface area contributed by atoms with Gasteiger partial charge < -0.3 is 16.7 Å². The van der Waals surface area contributed by atoms with Crippen LogP contribution in [0.1, 0.15) is 30.9 Å². The highest BCUT2D eigenvalue weighted by Gasteiger charge is 2.08. The molecule has 1 heterocycles. The van der Waals surface area contributed by atoms with E-state index in [1.165, 1.54) is 0 Å². The van der Waals surface area contributed by atoms with Gasteiger partial charge in [-0.15, -0.1) is 0 Å². The Hall–Kier alpha value is -1.85. The van der Waals surface area contributed by atoms with Gasteiger partial charge in [-0.05, 0) is 13.8 Å². The Labute approximate surface area is 89.0 Å². The Morgan fingerprint density at radius 1 is 1.27 bits per heavy atom. The monoisotopic (exact) mass is 211 g/mol. The van der Waals surface area contributed by atoms with E-state index in [1.807, 2.05) is 13.8 Å². The molecule has 1 aromatic heterocycles. The van der Waals surface area contributed by atoms with E-state index in [-0.39, 0.29) is 11.7 Å². The highest BCUT2D eigenvalue weighted by Crippen LogP contribution is 2.10. The molecule has 0 bridgehead atoms. The standard InChI is InChI=1S/C7H11N5O.C2H6/c1-3-4(2)10-7(6(9)12-13)11-5(3)8;1-2/h13H,1-2H3,(H2,9,12)(H2,8,10,11);1-2H3. The van der Waals surface area contributed by atoms with Gasteiger partial charge >= 0.3 is 0 Å². The van der Waals surface area contributed by atoms with Crippen molar-refractivity contribution in [2.75, 3.05) is 5.73 Å². The lowest BCUT2D eigenvalue weighted by Gasteiger charge is -2.04. The number of hydrogen-bond acceptors (Lipinski definition) is 5. The fraction of sp³-hybridized carbons (Fsp3) is 0.444. The molecule has 6 heteroatoms. The van der Waals surface area contributed by atoms with Gasteiger partial charge in [0.05, 0.1) is 0 Å². The number of rotatable bonds is 1. The van der Waals surface area contributed by atoms with E-state index in [0.29, 0.717) is 11.5 Å². The predicted octanol–water partition coefficient (Wildman–Crippen LogP) is 0.796. The Morgan fingerprint density at radius 2 is 1.80 bits per heavy atom. The predicted molar refractivity (Wildman–Crippen MR) is 59.8 cm³/mol. The van der Waals surface area contributed by atoms with Gasteiger partial charge in [0.25, 0.3) is 0 Å². The Balaban J connectivity index is 0.000000921. The summed E-state index contributed by atoms with van der Waals surface area (Å²) in [5.74, 6) is 0.340. The number of aromatic nitrogens is 2. The van der Waals surface area contributed by atoms with Crippen LogP contribution in [0.3, 0.4) is 0 Å². The van der Waals surface area contributed by atoms with Gasteiger partial charge in [-0.25, -0.2) is 9.97 Å². The smallest absolute Gasteiger partial charge is 0.208 e. The highest BCUT2D eigenvalue weighted by atomic mass is 16.4. The van der Waals surface area contributed by atoms with Crippen molar-refractivity contribution >= 4 is 11.7 Å². The fourth-order valence-corrected chi connectivity index (χ4v) is 0.810. The van der Waals surface area contributed by atoms with Crippen molar-refractivity contribution < 1.29 is 5.21 Å². The van der Waals surface area contributed by atoms with E-state index in [0.717, 1.165) is 5.56 Å². The van der Waals surface area contributed by atoms with Crippen molar-refractivity contribution in [1.29, 1.82) is 0 Å². The minimum Gasteiger partial charge on any atom is -0.409 e. The Kier molecular flexibility index (Phi) is 5.08. The van der Waals surface area contributed by atoms with Crippen LogP contribution in [0.25, 0.3) is 0 Å². The molecule has 0 spiro atoms. The molecular formula is C9H17N5O. The van der Waals surface area contributed by atoms with Gasteiger partial charge in [0, 0.05) is 11.3 Å². The largest absolute Gasteiger partial charge is 0.409 e. The van der Waals surface area contributed by atoms with Crippen LogP contribution in [0.5, 0.6) is 0 Å². The summed E-state index contributed by atoms with van der Waals surface area (Å²) in [7, 11) is 0. The van der Waals surface area contributed by atoms with Crippen molar-refractivity contribution in [3.05, 3.63) is 17.1 Å². The second-order valence-corrected chi connectivity index (χ2v) is 2.63. The van der Waals surface area contributed by atoms with Crippen LogP contribution in [0, 0.1) is 13.8 Å². The maximum Gasteiger partial charge on any atom is 0.208 e. The lowest BCUT2D eigenvalue weighted by molar-refractivity contribution is 0.318. The number of anilines is 1. The molecule has 0 aliphatic rings. The van der Waals surface area contributed by atoms with Crippen molar-refractivity contribution in [1.82, 2.24) is 9.97 Å². The van der Waals surface area contributed by atoms with Gasteiger partial charge in [-0.3, -0.25) is 0 Å². The van der Waals surface area contributed by atoms with Gasteiger partial charge in [-0.1, -0.05) is 19.0 Å². The molecule has 0 saturated carbocycles. The summed E-state index contributed by atoms with van der Waals surface area (Å²) in [5.41, 5.74) is 12.4. The van der Waals surface area contributed by atoms with E-state index in [9.17, 15) is 0 Å². The number of amidine groups is 1. The van der Waals surface area contributed by atoms with Crippen LogP contribution in [0.2, 0.25) is 0 Å². The summed E-state index contributed by atoms with van der Waals surface area (Å²) in [5, 5.41) is 11.2.